The van der Waals surface area contributed by atoms with Crippen molar-refractivity contribution in [2.24, 2.45) is 11.8 Å². The minimum absolute atomic E-state index is 0.000892. The molecule has 0 bridgehead atoms. The molecule has 0 radical (unpaired) electrons. The number of cyclic esters (lactones) is 1. The summed E-state index contributed by atoms with van der Waals surface area (Å²) in [6, 6.07) is 0. The maximum absolute atomic E-state index is 12.5. The number of aliphatic hydroxyl groups excluding tert-OH is 2. The van der Waals surface area contributed by atoms with Gasteiger partial charge in [0.2, 0.25) is 0 Å². The summed E-state index contributed by atoms with van der Waals surface area (Å²) < 4.78 is 5.34. The Morgan fingerprint density at radius 3 is 2.64 bits per heavy atom. The molecule has 0 aromatic carbocycles. The third kappa shape index (κ3) is 5.43. The van der Waals surface area contributed by atoms with Gasteiger partial charge < -0.3 is 20.1 Å². The molecule has 142 valence electrons. The number of ether oxygens (including phenoxy) is 1. The second-order valence-electron chi connectivity index (χ2n) is 6.95. The Kier molecular flexibility index (Phi) is 7.27. The maximum Gasteiger partial charge on any atom is 0.333 e. The van der Waals surface area contributed by atoms with E-state index in [9.17, 15) is 24.6 Å². The number of fused-ring (bicyclic) bond motifs is 1. The molecule has 0 aromatic heterocycles. The number of rotatable bonds is 4. The summed E-state index contributed by atoms with van der Waals surface area (Å²) in [5.74, 6) is -2.73. The van der Waals surface area contributed by atoms with Gasteiger partial charge >= 0.3 is 11.9 Å². The number of Topliss-reactive ketones (excluding diaryl/α,β-unsaturated/α-hetero) is 1. The quantitative estimate of drug-likeness (QED) is 0.623. The maximum atomic E-state index is 12.5. The van der Waals surface area contributed by atoms with E-state index >= 15 is 0 Å². The number of ketones is 1. The van der Waals surface area contributed by atoms with E-state index in [1.54, 1.807) is 0 Å². The summed E-state index contributed by atoms with van der Waals surface area (Å²) >= 11 is 1.07. The fourth-order valence-corrected chi connectivity index (χ4v) is 4.88. The van der Waals surface area contributed by atoms with Crippen LogP contribution in [-0.4, -0.2) is 62.4 Å². The first-order chi connectivity index (χ1) is 11.8. The van der Waals surface area contributed by atoms with E-state index in [2.05, 4.69) is 0 Å². The highest BCUT2D eigenvalue weighted by molar-refractivity contribution is 8.00. The number of aliphatic hydroxyl groups is 2. The first-order valence-electron chi connectivity index (χ1n) is 8.72. The lowest BCUT2D eigenvalue weighted by atomic mass is 9.72. The van der Waals surface area contributed by atoms with E-state index < -0.39 is 35.3 Å². The van der Waals surface area contributed by atoms with Crippen LogP contribution in [0.25, 0.3) is 0 Å². The number of esters is 1. The zero-order valence-corrected chi connectivity index (χ0v) is 15.1. The molecule has 6 atom stereocenters. The molecule has 0 amide bonds. The molecule has 25 heavy (non-hydrogen) atoms. The van der Waals surface area contributed by atoms with Gasteiger partial charge in [-0.15, -0.1) is 0 Å². The van der Waals surface area contributed by atoms with E-state index in [4.69, 9.17) is 9.84 Å². The van der Waals surface area contributed by atoms with Crippen molar-refractivity contribution in [1.82, 2.24) is 0 Å². The van der Waals surface area contributed by atoms with Gasteiger partial charge in [0.1, 0.15) is 5.78 Å². The summed E-state index contributed by atoms with van der Waals surface area (Å²) in [6.45, 7) is 1.84. The van der Waals surface area contributed by atoms with Gasteiger partial charge in [-0.1, -0.05) is 6.42 Å². The highest BCUT2D eigenvalue weighted by Gasteiger charge is 2.44. The second kappa shape index (κ2) is 9.00. The zero-order valence-electron chi connectivity index (χ0n) is 14.3. The van der Waals surface area contributed by atoms with Crippen molar-refractivity contribution in [1.29, 1.82) is 0 Å². The van der Waals surface area contributed by atoms with Gasteiger partial charge in [-0.05, 0) is 26.2 Å². The summed E-state index contributed by atoms with van der Waals surface area (Å²) in [7, 11) is 0. The number of hydrogen-bond acceptors (Lipinski definition) is 7. The molecule has 1 saturated carbocycles. The molecule has 1 saturated heterocycles. The van der Waals surface area contributed by atoms with Gasteiger partial charge in [0.15, 0.2) is 6.10 Å². The summed E-state index contributed by atoms with van der Waals surface area (Å²) in [5, 5.41) is 28.3. The van der Waals surface area contributed by atoms with Crippen LogP contribution in [0.1, 0.15) is 45.4 Å². The van der Waals surface area contributed by atoms with Crippen LogP contribution in [0.3, 0.4) is 0 Å². The molecule has 2 rings (SSSR count). The standard InChI is InChI=1S/C17H26O7S/c1-9-4-2-3-5-10-11(6-15(20)24-9)16(21)14(7-12(10)18)25-8-13(19)17(22)23/h9-11,13-14,16,19,21H,2-8H2,1H3,(H,22,23)/t9-,10+,11-,13+,14-,16+/m1/s1. The van der Waals surface area contributed by atoms with Crippen molar-refractivity contribution < 1.29 is 34.4 Å². The molecule has 2 fully saturated rings. The summed E-state index contributed by atoms with van der Waals surface area (Å²) in [5.41, 5.74) is 0. The minimum atomic E-state index is -1.54. The number of carbonyl (C=O) groups is 3. The van der Waals surface area contributed by atoms with Crippen LogP contribution in [0, 0.1) is 11.8 Å². The van der Waals surface area contributed by atoms with Crippen molar-refractivity contribution in [3.05, 3.63) is 0 Å². The largest absolute Gasteiger partial charge is 0.479 e. The van der Waals surface area contributed by atoms with Gasteiger partial charge in [-0.3, -0.25) is 9.59 Å². The SMILES string of the molecule is C[C@@H]1CCCC[C@@H]2C(=O)C[C@@H](SC[C@H](O)C(=O)O)[C@@H](O)[C@@H]2CC(=O)O1. The predicted octanol–water partition coefficient (Wildman–Crippen LogP) is 0.996. The Hall–Kier alpha value is -1.12. The Balaban J connectivity index is 2.08. The fourth-order valence-electron chi connectivity index (χ4n) is 3.62. The van der Waals surface area contributed by atoms with Gasteiger partial charge in [0, 0.05) is 29.3 Å². The van der Waals surface area contributed by atoms with Crippen molar-refractivity contribution >= 4 is 29.5 Å². The Labute approximate surface area is 151 Å². The molecule has 1 heterocycles. The lowest BCUT2D eigenvalue weighted by molar-refractivity contribution is -0.153. The van der Waals surface area contributed by atoms with Crippen LogP contribution in [0.4, 0.5) is 0 Å². The smallest absolute Gasteiger partial charge is 0.333 e. The van der Waals surface area contributed by atoms with Gasteiger partial charge in [0.05, 0.1) is 18.6 Å². The highest BCUT2D eigenvalue weighted by Crippen LogP contribution is 2.39. The molecule has 7 nitrogen and oxygen atoms in total. The number of carboxylic acid groups (broad SMARTS) is 1. The van der Waals surface area contributed by atoms with Crippen LogP contribution < -0.4 is 0 Å². The molecule has 3 N–H and O–H groups in total. The molecule has 0 aromatic rings. The lowest BCUT2D eigenvalue weighted by Crippen LogP contribution is -2.47. The van der Waals surface area contributed by atoms with Gasteiger partial charge in [0.25, 0.3) is 0 Å². The molecule has 1 aliphatic carbocycles. The third-order valence-corrected chi connectivity index (χ3v) is 6.40. The predicted molar refractivity (Wildman–Crippen MR) is 91.1 cm³/mol. The molecule has 0 spiro atoms. The molecular formula is C17H26O7S. The third-order valence-electron chi connectivity index (χ3n) is 5.02. The fraction of sp³-hybridized carbons (Fsp3) is 0.824. The van der Waals surface area contributed by atoms with Crippen molar-refractivity contribution in [2.45, 2.75) is 69.0 Å². The normalized spacial score (nSPS) is 35.4. The van der Waals surface area contributed by atoms with E-state index in [-0.39, 0.29) is 36.4 Å². The molecular weight excluding hydrogens is 348 g/mol. The number of carboxylic acids is 1. The van der Waals surface area contributed by atoms with E-state index in [0.717, 1.165) is 31.0 Å². The van der Waals surface area contributed by atoms with Crippen LogP contribution in [0.2, 0.25) is 0 Å². The highest BCUT2D eigenvalue weighted by atomic mass is 32.2. The molecule has 1 aliphatic heterocycles. The molecule has 8 heteroatoms. The Bertz CT molecular complexity index is 509. The summed E-state index contributed by atoms with van der Waals surface area (Å²) in [4.78, 5) is 35.4. The van der Waals surface area contributed by atoms with Gasteiger partial charge in [-0.25, -0.2) is 4.79 Å². The average molecular weight is 374 g/mol. The molecule has 2 aliphatic rings. The Morgan fingerprint density at radius 2 is 1.96 bits per heavy atom. The summed E-state index contributed by atoms with van der Waals surface area (Å²) in [6.07, 6.45) is 0.625. The van der Waals surface area contributed by atoms with Crippen LogP contribution in [0.15, 0.2) is 0 Å². The monoisotopic (exact) mass is 374 g/mol. The number of thioether (sulfide) groups is 1. The van der Waals surface area contributed by atoms with Crippen molar-refractivity contribution in [2.75, 3.05) is 5.75 Å². The first-order valence-corrected chi connectivity index (χ1v) is 9.77. The number of carbonyl (C=O) groups excluding carboxylic acids is 2. The number of aliphatic carboxylic acids is 1. The van der Waals surface area contributed by atoms with Crippen LogP contribution >= 0.6 is 11.8 Å². The number of hydrogen-bond donors (Lipinski definition) is 3. The Morgan fingerprint density at radius 1 is 1.28 bits per heavy atom. The van der Waals surface area contributed by atoms with E-state index in [1.807, 2.05) is 6.92 Å². The van der Waals surface area contributed by atoms with Crippen LogP contribution in [-0.2, 0) is 19.1 Å². The first kappa shape index (κ1) is 20.2. The second-order valence-corrected chi connectivity index (χ2v) is 8.22. The van der Waals surface area contributed by atoms with Crippen molar-refractivity contribution in [3.63, 3.8) is 0 Å². The topological polar surface area (TPSA) is 121 Å². The average Bonchev–Trinajstić information content (AvgIpc) is 2.54. The van der Waals surface area contributed by atoms with Gasteiger partial charge in [-0.2, -0.15) is 11.8 Å². The zero-order chi connectivity index (χ0) is 18.6. The lowest BCUT2D eigenvalue weighted by Gasteiger charge is -2.39. The molecule has 0 unspecified atom stereocenters. The van der Waals surface area contributed by atoms with Crippen molar-refractivity contribution in [3.8, 4) is 0 Å². The van der Waals surface area contributed by atoms with E-state index in [0.29, 0.717) is 6.42 Å². The minimum Gasteiger partial charge on any atom is -0.479 e. The van der Waals surface area contributed by atoms with Crippen LogP contribution in [0.5, 0.6) is 0 Å². The van der Waals surface area contributed by atoms with E-state index in [1.165, 1.54) is 0 Å².